The molecule has 0 bridgehead atoms. The molecule has 2 aromatic rings. The maximum absolute atomic E-state index is 4.37. The van der Waals surface area contributed by atoms with E-state index in [1.807, 2.05) is 18.5 Å². The van der Waals surface area contributed by atoms with Crippen LogP contribution in [0.5, 0.6) is 0 Å². The number of rotatable bonds is 2. The fourth-order valence-electron chi connectivity index (χ4n) is 1.60. The Labute approximate surface area is 84.0 Å². The van der Waals surface area contributed by atoms with Gasteiger partial charge in [-0.05, 0) is 30.0 Å². The Morgan fingerprint density at radius 1 is 1.29 bits per heavy atom. The van der Waals surface area contributed by atoms with E-state index in [-0.39, 0.29) is 0 Å². The molecule has 0 amide bonds. The Hall–Kier alpha value is -1.44. The normalized spacial score (nSPS) is 11.1. The molecule has 2 heterocycles. The molecule has 0 N–H and O–H groups in total. The first-order valence-electron chi connectivity index (χ1n) is 4.94. The second-order valence-electron chi connectivity index (χ2n) is 4.01. The molecule has 0 saturated heterocycles. The molecule has 14 heavy (non-hydrogen) atoms. The van der Waals surface area contributed by atoms with Crippen LogP contribution in [0, 0.1) is 5.92 Å². The second kappa shape index (κ2) is 3.74. The minimum absolute atomic E-state index is 0.677. The monoisotopic (exact) mass is 186 g/mol. The smallest absolute Gasteiger partial charge is 0.0885 e. The van der Waals surface area contributed by atoms with Crippen molar-refractivity contribution in [3.05, 3.63) is 36.3 Å². The van der Waals surface area contributed by atoms with Crippen LogP contribution in [0.25, 0.3) is 10.9 Å². The van der Waals surface area contributed by atoms with E-state index in [2.05, 4.69) is 29.9 Å². The summed E-state index contributed by atoms with van der Waals surface area (Å²) in [7, 11) is 0. The van der Waals surface area contributed by atoms with Crippen molar-refractivity contribution in [3.8, 4) is 0 Å². The average Bonchev–Trinajstić information content (AvgIpc) is 2.17. The number of hydrogen-bond acceptors (Lipinski definition) is 2. The maximum atomic E-state index is 4.37. The van der Waals surface area contributed by atoms with Crippen molar-refractivity contribution >= 4 is 10.9 Å². The van der Waals surface area contributed by atoms with Gasteiger partial charge in [0.2, 0.25) is 0 Å². The lowest BCUT2D eigenvalue weighted by molar-refractivity contribution is 0.646. The molecular weight excluding hydrogens is 172 g/mol. The summed E-state index contributed by atoms with van der Waals surface area (Å²) < 4.78 is 0. The molecule has 0 spiro atoms. The maximum Gasteiger partial charge on any atom is 0.0885 e. The molecule has 0 aliphatic carbocycles. The van der Waals surface area contributed by atoms with E-state index in [4.69, 9.17) is 0 Å². The molecule has 2 rings (SSSR count). The highest BCUT2D eigenvalue weighted by Gasteiger charge is 2.00. The Kier molecular flexibility index (Phi) is 2.44. The van der Waals surface area contributed by atoms with Crippen LogP contribution in [0.2, 0.25) is 0 Å². The van der Waals surface area contributed by atoms with E-state index in [9.17, 15) is 0 Å². The zero-order valence-electron chi connectivity index (χ0n) is 8.57. The van der Waals surface area contributed by atoms with Gasteiger partial charge in [0.1, 0.15) is 0 Å². The van der Waals surface area contributed by atoms with Gasteiger partial charge in [-0.15, -0.1) is 0 Å². The van der Waals surface area contributed by atoms with Gasteiger partial charge in [0, 0.05) is 17.8 Å². The first kappa shape index (κ1) is 9.13. The largest absolute Gasteiger partial charge is 0.262 e. The summed E-state index contributed by atoms with van der Waals surface area (Å²) in [6, 6.07) is 4.20. The van der Waals surface area contributed by atoms with Crippen molar-refractivity contribution in [1.29, 1.82) is 0 Å². The molecule has 0 aliphatic heterocycles. The first-order chi connectivity index (χ1) is 6.75. The van der Waals surface area contributed by atoms with Crippen molar-refractivity contribution < 1.29 is 0 Å². The van der Waals surface area contributed by atoms with Crippen LogP contribution in [-0.4, -0.2) is 9.97 Å². The van der Waals surface area contributed by atoms with Gasteiger partial charge in [-0.2, -0.15) is 0 Å². The summed E-state index contributed by atoms with van der Waals surface area (Å²) in [5, 5.41) is 1.18. The number of fused-ring (bicyclic) bond motifs is 1. The Balaban J connectivity index is 2.41. The van der Waals surface area contributed by atoms with E-state index < -0.39 is 0 Å². The predicted molar refractivity (Wildman–Crippen MR) is 58.1 cm³/mol. The van der Waals surface area contributed by atoms with Gasteiger partial charge in [-0.3, -0.25) is 9.97 Å². The molecule has 0 radical (unpaired) electrons. The Morgan fingerprint density at radius 2 is 2.14 bits per heavy atom. The lowest BCUT2D eigenvalue weighted by Gasteiger charge is -2.05. The fraction of sp³-hybridized carbons (Fsp3) is 0.333. The SMILES string of the molecule is CC(C)Cc1cnc2cnccc2c1. The van der Waals surface area contributed by atoms with Gasteiger partial charge < -0.3 is 0 Å². The number of nitrogens with zero attached hydrogens (tertiary/aromatic N) is 2. The minimum atomic E-state index is 0.677. The Bertz CT molecular complexity index is 435. The number of aromatic nitrogens is 2. The van der Waals surface area contributed by atoms with Gasteiger partial charge in [0.25, 0.3) is 0 Å². The van der Waals surface area contributed by atoms with Gasteiger partial charge >= 0.3 is 0 Å². The van der Waals surface area contributed by atoms with E-state index in [1.54, 1.807) is 6.20 Å². The van der Waals surface area contributed by atoms with Crippen LogP contribution < -0.4 is 0 Å². The van der Waals surface area contributed by atoms with E-state index in [0.29, 0.717) is 5.92 Å². The lowest BCUT2D eigenvalue weighted by Crippen LogP contribution is -1.94. The fourth-order valence-corrected chi connectivity index (χ4v) is 1.60. The summed E-state index contributed by atoms with van der Waals surface area (Å²) in [6.07, 6.45) is 6.65. The van der Waals surface area contributed by atoms with Gasteiger partial charge in [0.05, 0.1) is 11.7 Å². The first-order valence-corrected chi connectivity index (χ1v) is 4.94. The summed E-state index contributed by atoms with van der Waals surface area (Å²) >= 11 is 0. The zero-order chi connectivity index (χ0) is 9.97. The number of hydrogen-bond donors (Lipinski definition) is 0. The average molecular weight is 186 g/mol. The van der Waals surface area contributed by atoms with Crippen molar-refractivity contribution in [2.75, 3.05) is 0 Å². The molecule has 72 valence electrons. The summed E-state index contributed by atoms with van der Waals surface area (Å²) in [5.74, 6) is 0.677. The van der Waals surface area contributed by atoms with Crippen molar-refractivity contribution in [2.24, 2.45) is 5.92 Å². The summed E-state index contributed by atoms with van der Waals surface area (Å²) in [6.45, 7) is 4.44. The topological polar surface area (TPSA) is 25.8 Å². The van der Waals surface area contributed by atoms with Crippen molar-refractivity contribution in [1.82, 2.24) is 9.97 Å². The third-order valence-corrected chi connectivity index (χ3v) is 2.19. The van der Waals surface area contributed by atoms with Crippen molar-refractivity contribution in [3.63, 3.8) is 0 Å². The van der Waals surface area contributed by atoms with Crippen LogP contribution in [0.4, 0.5) is 0 Å². The quantitative estimate of drug-likeness (QED) is 0.720. The van der Waals surface area contributed by atoms with Crippen LogP contribution in [0.3, 0.4) is 0 Å². The van der Waals surface area contributed by atoms with Gasteiger partial charge in [-0.1, -0.05) is 13.8 Å². The Morgan fingerprint density at radius 3 is 2.93 bits per heavy atom. The molecule has 2 nitrogen and oxygen atoms in total. The lowest BCUT2D eigenvalue weighted by atomic mass is 10.0. The highest BCUT2D eigenvalue weighted by molar-refractivity contribution is 5.77. The molecule has 2 aromatic heterocycles. The minimum Gasteiger partial charge on any atom is -0.262 e. The van der Waals surface area contributed by atoms with Crippen LogP contribution in [0.1, 0.15) is 19.4 Å². The third kappa shape index (κ3) is 1.90. The standard InChI is InChI=1S/C12H14N2/c1-9(2)5-10-6-11-3-4-13-8-12(11)14-7-10/h3-4,6-9H,5H2,1-2H3. The summed E-state index contributed by atoms with van der Waals surface area (Å²) in [4.78, 5) is 8.41. The molecule has 0 saturated carbocycles. The van der Waals surface area contributed by atoms with E-state index in [0.717, 1.165) is 11.9 Å². The van der Waals surface area contributed by atoms with Crippen LogP contribution in [-0.2, 0) is 6.42 Å². The molecular formula is C12H14N2. The van der Waals surface area contributed by atoms with E-state index in [1.165, 1.54) is 10.9 Å². The predicted octanol–water partition coefficient (Wildman–Crippen LogP) is 2.83. The molecule has 0 unspecified atom stereocenters. The number of pyridine rings is 2. The second-order valence-corrected chi connectivity index (χ2v) is 4.01. The molecule has 0 fully saturated rings. The van der Waals surface area contributed by atoms with Gasteiger partial charge in [0.15, 0.2) is 0 Å². The van der Waals surface area contributed by atoms with Crippen LogP contribution in [0.15, 0.2) is 30.7 Å². The highest BCUT2D eigenvalue weighted by Crippen LogP contribution is 2.14. The molecule has 0 atom stereocenters. The van der Waals surface area contributed by atoms with Gasteiger partial charge in [-0.25, -0.2) is 0 Å². The highest BCUT2D eigenvalue weighted by atomic mass is 14.7. The molecule has 0 aliphatic rings. The molecule has 0 aromatic carbocycles. The van der Waals surface area contributed by atoms with Crippen molar-refractivity contribution in [2.45, 2.75) is 20.3 Å². The van der Waals surface area contributed by atoms with E-state index >= 15 is 0 Å². The summed E-state index contributed by atoms with van der Waals surface area (Å²) in [5.41, 5.74) is 2.28. The van der Waals surface area contributed by atoms with Crippen LogP contribution >= 0.6 is 0 Å². The molecule has 2 heteroatoms. The third-order valence-electron chi connectivity index (χ3n) is 2.19. The zero-order valence-corrected chi connectivity index (χ0v) is 8.57.